The van der Waals surface area contributed by atoms with Gasteiger partial charge in [0.05, 0.1) is 18.1 Å². The van der Waals surface area contributed by atoms with Crippen LogP contribution in [0, 0.1) is 28.6 Å². The summed E-state index contributed by atoms with van der Waals surface area (Å²) in [6.07, 6.45) is 1.82. The number of amides is 1. The minimum absolute atomic E-state index is 0.00287. The van der Waals surface area contributed by atoms with Crippen LogP contribution in [0.25, 0.3) is 0 Å². The summed E-state index contributed by atoms with van der Waals surface area (Å²) in [5.74, 6) is -0.147. The fourth-order valence-electron chi connectivity index (χ4n) is 1.70. The molecule has 1 rings (SSSR count). The molecule has 5 nitrogen and oxygen atoms in total. The lowest BCUT2D eigenvalue weighted by Gasteiger charge is -2.26. The highest BCUT2D eigenvalue weighted by molar-refractivity contribution is 5.79. The topological polar surface area (TPSA) is 79.9 Å². The zero-order valence-corrected chi connectivity index (χ0v) is 8.57. The Morgan fingerprint density at radius 2 is 2.07 bits per heavy atom. The van der Waals surface area contributed by atoms with Gasteiger partial charge in [-0.3, -0.25) is 4.79 Å². The molecule has 1 aliphatic heterocycles. The van der Waals surface area contributed by atoms with Crippen molar-refractivity contribution >= 4 is 5.91 Å². The molecule has 0 bridgehead atoms. The molecule has 0 aromatic rings. The van der Waals surface area contributed by atoms with Crippen molar-refractivity contribution in [1.29, 1.82) is 10.5 Å². The first-order valence-electron chi connectivity index (χ1n) is 5.03. The second-order valence-electron chi connectivity index (χ2n) is 3.55. The number of hydrogen-bond donors (Lipinski definition) is 1. The largest absolute Gasteiger partial charge is 0.316 e. The number of rotatable bonds is 3. The van der Waals surface area contributed by atoms with Gasteiger partial charge in [-0.05, 0) is 19.4 Å². The molecule has 1 aliphatic rings. The van der Waals surface area contributed by atoms with Crippen molar-refractivity contribution in [3.63, 3.8) is 0 Å². The molecular weight excluding hydrogens is 192 g/mol. The summed E-state index contributed by atoms with van der Waals surface area (Å²) in [6.45, 7) is 1.61. The molecule has 0 saturated carbocycles. The van der Waals surface area contributed by atoms with E-state index in [2.05, 4.69) is 5.32 Å². The zero-order valence-electron chi connectivity index (χ0n) is 8.57. The second-order valence-corrected chi connectivity index (χ2v) is 3.55. The van der Waals surface area contributed by atoms with Crippen molar-refractivity contribution in [2.24, 2.45) is 5.92 Å². The number of hydrogen-bond acceptors (Lipinski definition) is 4. The normalized spacial score (nSPS) is 20.0. The Morgan fingerprint density at radius 1 is 1.40 bits per heavy atom. The van der Waals surface area contributed by atoms with Gasteiger partial charge in [0.15, 0.2) is 0 Å². The molecule has 0 unspecified atom stereocenters. The Bertz CT molecular complexity index is 280. The summed E-state index contributed by atoms with van der Waals surface area (Å²) in [6, 6.07) is 3.81. The van der Waals surface area contributed by atoms with Crippen LogP contribution in [0.4, 0.5) is 0 Å². The summed E-state index contributed by atoms with van der Waals surface area (Å²) in [5.41, 5.74) is 0. The zero-order chi connectivity index (χ0) is 11.1. The van der Waals surface area contributed by atoms with E-state index in [9.17, 15) is 4.79 Å². The van der Waals surface area contributed by atoms with Crippen LogP contribution in [0.1, 0.15) is 12.8 Å². The Balaban J connectivity index is 2.54. The molecule has 15 heavy (non-hydrogen) atoms. The molecule has 0 aromatic carbocycles. The van der Waals surface area contributed by atoms with Crippen LogP contribution in [0.15, 0.2) is 0 Å². The third-order valence-electron chi connectivity index (χ3n) is 2.48. The first-order valence-corrected chi connectivity index (χ1v) is 5.03. The number of piperidine rings is 1. The van der Waals surface area contributed by atoms with Gasteiger partial charge in [0.2, 0.25) is 5.91 Å². The molecule has 1 N–H and O–H groups in total. The van der Waals surface area contributed by atoms with Crippen LogP contribution in [0.5, 0.6) is 0 Å². The highest BCUT2D eigenvalue weighted by atomic mass is 16.2. The molecule has 1 saturated heterocycles. The van der Waals surface area contributed by atoms with Crippen LogP contribution in [-0.2, 0) is 4.79 Å². The van der Waals surface area contributed by atoms with Gasteiger partial charge in [-0.1, -0.05) is 0 Å². The Kier molecular flexibility index (Phi) is 4.59. The molecule has 0 spiro atoms. The van der Waals surface area contributed by atoms with Crippen LogP contribution in [0.3, 0.4) is 0 Å². The standard InChI is InChI=1S/C10H14N4O/c11-3-6-14(7-4-12)10(15)9-2-1-5-13-8-9/h9,13H,1-2,5-8H2/t9-/m1/s1. The summed E-state index contributed by atoms with van der Waals surface area (Å²) in [7, 11) is 0. The van der Waals surface area contributed by atoms with Gasteiger partial charge in [0.25, 0.3) is 0 Å². The van der Waals surface area contributed by atoms with Crippen molar-refractivity contribution in [2.75, 3.05) is 26.2 Å². The van der Waals surface area contributed by atoms with Gasteiger partial charge in [0.1, 0.15) is 13.1 Å². The summed E-state index contributed by atoms with van der Waals surface area (Å²) in [4.78, 5) is 13.2. The Hall–Kier alpha value is -1.59. The van der Waals surface area contributed by atoms with E-state index in [-0.39, 0.29) is 24.9 Å². The van der Waals surface area contributed by atoms with Crippen molar-refractivity contribution in [3.05, 3.63) is 0 Å². The van der Waals surface area contributed by atoms with E-state index in [0.29, 0.717) is 6.54 Å². The maximum atomic E-state index is 11.9. The third-order valence-corrected chi connectivity index (χ3v) is 2.48. The molecule has 0 aromatic heterocycles. The number of nitriles is 2. The minimum Gasteiger partial charge on any atom is -0.316 e. The van der Waals surface area contributed by atoms with Gasteiger partial charge in [-0.2, -0.15) is 10.5 Å². The van der Waals surface area contributed by atoms with Crippen molar-refractivity contribution in [3.8, 4) is 12.1 Å². The molecule has 0 aliphatic carbocycles. The van der Waals surface area contributed by atoms with Gasteiger partial charge in [0, 0.05) is 6.54 Å². The lowest BCUT2D eigenvalue weighted by atomic mass is 9.98. The van der Waals surface area contributed by atoms with Crippen molar-refractivity contribution < 1.29 is 4.79 Å². The Morgan fingerprint density at radius 3 is 2.53 bits per heavy atom. The van der Waals surface area contributed by atoms with Gasteiger partial charge >= 0.3 is 0 Å². The first kappa shape index (κ1) is 11.5. The number of nitrogens with one attached hydrogen (secondary N) is 1. The fraction of sp³-hybridized carbons (Fsp3) is 0.700. The van der Waals surface area contributed by atoms with Crippen molar-refractivity contribution in [2.45, 2.75) is 12.8 Å². The summed E-state index contributed by atoms with van der Waals surface area (Å²) >= 11 is 0. The highest BCUT2D eigenvalue weighted by Crippen LogP contribution is 2.12. The van der Waals surface area contributed by atoms with Crippen LogP contribution >= 0.6 is 0 Å². The van der Waals surface area contributed by atoms with E-state index >= 15 is 0 Å². The summed E-state index contributed by atoms with van der Waals surface area (Å²) < 4.78 is 0. The average Bonchev–Trinajstić information content (AvgIpc) is 2.29. The molecule has 1 amide bonds. The molecular formula is C10H14N4O. The molecule has 80 valence electrons. The molecule has 1 fully saturated rings. The maximum absolute atomic E-state index is 11.9. The molecule has 5 heteroatoms. The lowest BCUT2D eigenvalue weighted by Crippen LogP contribution is -2.43. The number of carbonyl (C=O) groups excluding carboxylic acids is 1. The third kappa shape index (κ3) is 3.23. The molecule has 1 heterocycles. The van der Waals surface area contributed by atoms with Crippen LogP contribution in [0.2, 0.25) is 0 Å². The van der Waals surface area contributed by atoms with Gasteiger partial charge in [-0.25, -0.2) is 0 Å². The van der Waals surface area contributed by atoms with E-state index < -0.39 is 0 Å². The second kappa shape index (κ2) is 6.00. The van der Waals surface area contributed by atoms with E-state index in [1.807, 2.05) is 12.1 Å². The van der Waals surface area contributed by atoms with E-state index in [4.69, 9.17) is 10.5 Å². The molecule has 0 radical (unpaired) electrons. The van der Waals surface area contributed by atoms with Crippen LogP contribution in [-0.4, -0.2) is 37.0 Å². The monoisotopic (exact) mass is 206 g/mol. The van der Waals surface area contributed by atoms with Gasteiger partial charge in [-0.15, -0.1) is 0 Å². The summed E-state index contributed by atoms with van der Waals surface area (Å²) in [5, 5.41) is 20.2. The fourth-order valence-corrected chi connectivity index (χ4v) is 1.70. The van der Waals surface area contributed by atoms with Crippen LogP contribution < -0.4 is 5.32 Å². The van der Waals surface area contributed by atoms with E-state index in [1.54, 1.807) is 0 Å². The maximum Gasteiger partial charge on any atom is 0.228 e. The first-order chi connectivity index (χ1) is 7.29. The number of carbonyl (C=O) groups is 1. The van der Waals surface area contributed by atoms with E-state index in [1.165, 1.54) is 4.90 Å². The number of nitrogens with zero attached hydrogens (tertiary/aromatic N) is 3. The smallest absolute Gasteiger partial charge is 0.228 e. The predicted octanol–water partition coefficient (Wildman–Crippen LogP) is -0.138. The highest BCUT2D eigenvalue weighted by Gasteiger charge is 2.25. The van der Waals surface area contributed by atoms with Gasteiger partial charge < -0.3 is 10.2 Å². The lowest BCUT2D eigenvalue weighted by molar-refractivity contribution is -0.134. The SMILES string of the molecule is N#CCN(CC#N)C(=O)[C@@H]1CCCNC1. The van der Waals surface area contributed by atoms with Crippen molar-refractivity contribution in [1.82, 2.24) is 10.2 Å². The molecule has 1 atom stereocenters. The van der Waals surface area contributed by atoms with E-state index in [0.717, 1.165) is 19.4 Å². The predicted molar refractivity (Wildman–Crippen MR) is 53.4 cm³/mol. The quantitative estimate of drug-likeness (QED) is 0.652. The minimum atomic E-state index is -0.0784. The average molecular weight is 206 g/mol. The Labute approximate surface area is 89.3 Å².